The van der Waals surface area contributed by atoms with Crippen LogP contribution < -0.4 is 0 Å². The molecule has 2 aromatic rings. The molecular formula is C19H16BFO5. The van der Waals surface area contributed by atoms with Crippen molar-refractivity contribution >= 4 is 19.8 Å². The van der Waals surface area contributed by atoms with E-state index in [0.717, 1.165) is 0 Å². The highest BCUT2D eigenvalue weighted by atomic mass is 19.1. The zero-order valence-electron chi connectivity index (χ0n) is 13.8. The smallest absolute Gasteiger partial charge is 0.338 e. The normalized spacial score (nSPS) is 24.8. The Morgan fingerprint density at radius 1 is 0.962 bits per heavy atom. The lowest BCUT2D eigenvalue weighted by Gasteiger charge is -2.20. The van der Waals surface area contributed by atoms with Gasteiger partial charge in [-0.25, -0.2) is 14.0 Å². The summed E-state index contributed by atoms with van der Waals surface area (Å²) < 4.78 is 29.9. The third-order valence-corrected chi connectivity index (χ3v) is 3.97. The van der Waals surface area contributed by atoms with Gasteiger partial charge in [0.1, 0.15) is 20.6 Å². The SMILES string of the molecule is [B][C@H]1O[C@H](COC(=O)c2ccccc2)[C@@H](OC(=O)c2ccccc2)[C@@H]1F. The van der Waals surface area contributed by atoms with Gasteiger partial charge < -0.3 is 14.2 Å². The molecule has 1 aliphatic rings. The van der Waals surface area contributed by atoms with Gasteiger partial charge in [-0.1, -0.05) is 36.4 Å². The van der Waals surface area contributed by atoms with E-state index in [0.29, 0.717) is 5.56 Å². The first kappa shape index (κ1) is 18.1. The minimum Gasteiger partial charge on any atom is -0.459 e. The molecule has 2 radical (unpaired) electrons. The van der Waals surface area contributed by atoms with Crippen LogP contribution in [0, 0.1) is 0 Å². The molecule has 4 atom stereocenters. The van der Waals surface area contributed by atoms with E-state index in [4.69, 9.17) is 22.1 Å². The van der Waals surface area contributed by atoms with Crippen LogP contribution in [0.5, 0.6) is 0 Å². The van der Waals surface area contributed by atoms with Gasteiger partial charge in [-0.15, -0.1) is 0 Å². The largest absolute Gasteiger partial charge is 0.459 e. The maximum absolute atomic E-state index is 14.3. The highest BCUT2D eigenvalue weighted by molar-refractivity contribution is 6.11. The lowest BCUT2D eigenvalue weighted by atomic mass is 9.94. The highest BCUT2D eigenvalue weighted by Crippen LogP contribution is 2.26. The van der Waals surface area contributed by atoms with Gasteiger partial charge in [0.15, 0.2) is 12.3 Å². The Morgan fingerprint density at radius 2 is 1.50 bits per heavy atom. The van der Waals surface area contributed by atoms with Crippen LogP contribution in [-0.2, 0) is 14.2 Å². The van der Waals surface area contributed by atoms with Gasteiger partial charge in [0.2, 0.25) is 0 Å². The second-order valence-electron chi connectivity index (χ2n) is 5.78. The molecule has 0 amide bonds. The van der Waals surface area contributed by atoms with E-state index in [9.17, 15) is 14.0 Å². The molecule has 0 aromatic heterocycles. The van der Waals surface area contributed by atoms with Crippen molar-refractivity contribution < 1.29 is 28.2 Å². The molecule has 26 heavy (non-hydrogen) atoms. The van der Waals surface area contributed by atoms with Crippen molar-refractivity contribution in [3.05, 3.63) is 71.8 Å². The van der Waals surface area contributed by atoms with Crippen molar-refractivity contribution in [3.8, 4) is 0 Å². The fourth-order valence-electron chi connectivity index (χ4n) is 2.60. The van der Waals surface area contributed by atoms with Gasteiger partial charge in [-0.2, -0.15) is 0 Å². The number of benzene rings is 2. The van der Waals surface area contributed by atoms with Crippen LogP contribution in [0.3, 0.4) is 0 Å². The van der Waals surface area contributed by atoms with E-state index < -0.39 is 36.3 Å². The Hall–Kier alpha value is -2.67. The number of esters is 2. The average molecular weight is 354 g/mol. The fourth-order valence-corrected chi connectivity index (χ4v) is 2.60. The maximum atomic E-state index is 14.3. The lowest BCUT2D eigenvalue weighted by Crippen LogP contribution is -2.37. The monoisotopic (exact) mass is 354 g/mol. The zero-order chi connectivity index (χ0) is 18.5. The van der Waals surface area contributed by atoms with Crippen molar-refractivity contribution in [1.82, 2.24) is 0 Å². The molecule has 0 saturated carbocycles. The summed E-state index contributed by atoms with van der Waals surface area (Å²) >= 11 is 0. The Bertz CT molecular complexity index is 755. The molecule has 132 valence electrons. The molecule has 0 spiro atoms. The number of rotatable bonds is 5. The van der Waals surface area contributed by atoms with Crippen molar-refractivity contribution in [2.45, 2.75) is 24.4 Å². The van der Waals surface area contributed by atoms with Crippen LogP contribution >= 0.6 is 0 Å². The molecule has 5 nitrogen and oxygen atoms in total. The zero-order valence-corrected chi connectivity index (χ0v) is 13.8. The van der Waals surface area contributed by atoms with Gasteiger partial charge in [0.05, 0.1) is 17.1 Å². The standard InChI is InChI=1S/C19H16BFO5/c20-17-15(21)16(26-19(23)13-9-5-2-6-10-13)14(25-17)11-24-18(22)12-7-3-1-4-8-12/h1-10,14-17H,11H2/t14-,15+,16-,17+/m1/s1. The van der Waals surface area contributed by atoms with Crippen molar-refractivity contribution in [2.24, 2.45) is 0 Å². The second kappa shape index (κ2) is 8.14. The van der Waals surface area contributed by atoms with Crippen molar-refractivity contribution in [2.75, 3.05) is 6.61 Å². The summed E-state index contributed by atoms with van der Waals surface area (Å²) in [5, 5.41) is 0. The number of hydrogen-bond acceptors (Lipinski definition) is 5. The van der Waals surface area contributed by atoms with E-state index in [2.05, 4.69) is 0 Å². The van der Waals surface area contributed by atoms with Gasteiger partial charge >= 0.3 is 11.9 Å². The molecule has 2 aromatic carbocycles. The van der Waals surface area contributed by atoms with E-state index in [-0.39, 0.29) is 12.2 Å². The van der Waals surface area contributed by atoms with E-state index in [1.54, 1.807) is 60.7 Å². The molecule has 1 aliphatic heterocycles. The molecule has 0 unspecified atom stereocenters. The summed E-state index contributed by atoms with van der Waals surface area (Å²) in [6.45, 7) is -0.283. The second-order valence-corrected chi connectivity index (χ2v) is 5.78. The summed E-state index contributed by atoms with van der Waals surface area (Å²) in [5.41, 5.74) is 0.629. The van der Waals surface area contributed by atoms with Crippen LogP contribution in [0.2, 0.25) is 0 Å². The number of carbonyl (C=O) groups is 2. The maximum Gasteiger partial charge on any atom is 0.338 e. The van der Waals surface area contributed by atoms with Crippen LogP contribution in [0.25, 0.3) is 0 Å². The molecule has 0 bridgehead atoms. The van der Waals surface area contributed by atoms with E-state index in [1.807, 2.05) is 0 Å². The Morgan fingerprint density at radius 3 is 2.08 bits per heavy atom. The molecule has 1 fully saturated rings. The Kier molecular flexibility index (Phi) is 5.68. The lowest BCUT2D eigenvalue weighted by molar-refractivity contribution is -0.0351. The Labute approximate surface area is 151 Å². The fraction of sp³-hybridized carbons (Fsp3) is 0.263. The molecular weight excluding hydrogens is 338 g/mol. The quantitative estimate of drug-likeness (QED) is 0.609. The van der Waals surface area contributed by atoms with Gasteiger partial charge in [-0.3, -0.25) is 0 Å². The first-order valence-corrected chi connectivity index (χ1v) is 8.09. The van der Waals surface area contributed by atoms with Crippen molar-refractivity contribution in [1.29, 1.82) is 0 Å². The summed E-state index contributed by atoms with van der Waals surface area (Å²) in [7, 11) is 5.56. The topological polar surface area (TPSA) is 61.8 Å². The predicted octanol–water partition coefficient (Wildman–Crippen LogP) is 2.30. The summed E-state index contributed by atoms with van der Waals surface area (Å²) in [6.07, 6.45) is -3.97. The summed E-state index contributed by atoms with van der Waals surface area (Å²) in [6, 6.07) is 15.3. The molecule has 0 aliphatic carbocycles. The van der Waals surface area contributed by atoms with E-state index in [1.165, 1.54) is 0 Å². The van der Waals surface area contributed by atoms with Crippen LogP contribution in [0.1, 0.15) is 20.7 Å². The Balaban J connectivity index is 1.63. The van der Waals surface area contributed by atoms with Crippen LogP contribution in [0.15, 0.2) is 60.7 Å². The molecule has 7 heteroatoms. The van der Waals surface area contributed by atoms with Crippen LogP contribution in [-0.4, -0.2) is 50.8 Å². The molecule has 3 rings (SSSR count). The van der Waals surface area contributed by atoms with Gasteiger partial charge in [0, 0.05) is 0 Å². The highest BCUT2D eigenvalue weighted by Gasteiger charge is 2.45. The molecule has 1 saturated heterocycles. The first-order valence-electron chi connectivity index (χ1n) is 8.09. The number of hydrogen-bond donors (Lipinski definition) is 0. The van der Waals surface area contributed by atoms with Gasteiger partial charge in [0.25, 0.3) is 0 Å². The number of ether oxygens (including phenoxy) is 3. The first-order chi connectivity index (χ1) is 12.6. The number of carbonyl (C=O) groups excluding carboxylic acids is 2. The number of halogens is 1. The predicted molar refractivity (Wildman–Crippen MR) is 91.7 cm³/mol. The average Bonchev–Trinajstić information content (AvgIpc) is 2.95. The van der Waals surface area contributed by atoms with E-state index >= 15 is 0 Å². The minimum atomic E-state index is -1.72. The molecule has 0 N–H and O–H groups in total. The number of alkyl halides is 1. The summed E-state index contributed by atoms with van der Waals surface area (Å²) in [5.74, 6) is -1.28. The molecule has 1 heterocycles. The third kappa shape index (κ3) is 4.11. The third-order valence-electron chi connectivity index (χ3n) is 3.97. The van der Waals surface area contributed by atoms with Gasteiger partial charge in [-0.05, 0) is 24.3 Å². The van der Waals surface area contributed by atoms with Crippen LogP contribution in [0.4, 0.5) is 4.39 Å². The van der Waals surface area contributed by atoms with Crippen molar-refractivity contribution in [3.63, 3.8) is 0 Å². The minimum absolute atomic E-state index is 0.278. The summed E-state index contributed by atoms with van der Waals surface area (Å²) in [4.78, 5) is 24.2.